The lowest BCUT2D eigenvalue weighted by atomic mass is 9.85. The second-order valence-electron chi connectivity index (χ2n) is 6.04. The minimum atomic E-state index is -0.974. The number of rotatable bonds is 9. The van der Waals surface area contributed by atoms with Crippen molar-refractivity contribution in [1.29, 1.82) is 0 Å². The molecule has 0 saturated carbocycles. The Kier molecular flexibility index (Phi) is 9.01. The number of carbonyl (C=O) groups is 2. The van der Waals surface area contributed by atoms with Crippen LogP contribution >= 0.6 is 0 Å². The van der Waals surface area contributed by atoms with Crippen molar-refractivity contribution in [3.8, 4) is 0 Å². The molecule has 0 rings (SSSR count). The van der Waals surface area contributed by atoms with Gasteiger partial charge in [0.1, 0.15) is 6.04 Å². The van der Waals surface area contributed by atoms with Crippen molar-refractivity contribution in [3.05, 3.63) is 0 Å². The Morgan fingerprint density at radius 3 is 2.05 bits per heavy atom. The van der Waals surface area contributed by atoms with Crippen LogP contribution in [0.2, 0.25) is 0 Å². The molecule has 20 heavy (non-hydrogen) atoms. The third-order valence-electron chi connectivity index (χ3n) is 3.66. The Bertz CT molecular complexity index is 295. The summed E-state index contributed by atoms with van der Waals surface area (Å²) in [4.78, 5) is 22.8. The summed E-state index contributed by atoms with van der Waals surface area (Å²) in [7, 11) is 0. The molecule has 0 bridgehead atoms. The molecule has 0 radical (unpaired) electrons. The molecule has 0 heterocycles. The molecule has 1 atom stereocenters. The zero-order valence-corrected chi connectivity index (χ0v) is 13.4. The second kappa shape index (κ2) is 9.61. The van der Waals surface area contributed by atoms with E-state index in [0.717, 1.165) is 12.8 Å². The van der Waals surface area contributed by atoms with Crippen LogP contribution in [0.1, 0.15) is 53.9 Å². The summed E-state index contributed by atoms with van der Waals surface area (Å²) in [6, 6.07) is -1.19. The maximum atomic E-state index is 11.8. The summed E-state index contributed by atoms with van der Waals surface area (Å²) in [5.74, 6) is 0.369. The first kappa shape index (κ1) is 18.7. The van der Waals surface area contributed by atoms with Gasteiger partial charge in [0, 0.05) is 6.54 Å². The lowest BCUT2D eigenvalue weighted by Crippen LogP contribution is -2.47. The Morgan fingerprint density at radius 2 is 1.65 bits per heavy atom. The molecule has 0 aromatic heterocycles. The van der Waals surface area contributed by atoms with Crippen LogP contribution in [0.4, 0.5) is 4.79 Å². The molecule has 0 aliphatic rings. The first-order valence-corrected chi connectivity index (χ1v) is 7.56. The fourth-order valence-electron chi connectivity index (χ4n) is 2.33. The van der Waals surface area contributed by atoms with Gasteiger partial charge in [-0.05, 0) is 24.2 Å². The molecule has 0 fully saturated rings. The number of carboxylic acid groups (broad SMARTS) is 1. The van der Waals surface area contributed by atoms with E-state index in [0.29, 0.717) is 30.7 Å². The van der Waals surface area contributed by atoms with Crippen LogP contribution in [0.25, 0.3) is 0 Å². The zero-order chi connectivity index (χ0) is 15.7. The number of hydrogen-bond acceptors (Lipinski definition) is 2. The summed E-state index contributed by atoms with van der Waals surface area (Å²) in [5.41, 5.74) is 0. The maximum absolute atomic E-state index is 11.8. The quantitative estimate of drug-likeness (QED) is 0.610. The number of urea groups is 1. The van der Waals surface area contributed by atoms with Gasteiger partial charge in [-0.25, -0.2) is 9.59 Å². The molecule has 0 aliphatic carbocycles. The van der Waals surface area contributed by atoms with Crippen LogP contribution in [-0.2, 0) is 4.79 Å². The van der Waals surface area contributed by atoms with Crippen LogP contribution in [0.3, 0.4) is 0 Å². The van der Waals surface area contributed by atoms with E-state index in [1.54, 1.807) is 0 Å². The average Bonchev–Trinajstić information content (AvgIpc) is 2.33. The molecule has 0 aromatic rings. The van der Waals surface area contributed by atoms with E-state index in [-0.39, 0.29) is 6.03 Å². The van der Waals surface area contributed by atoms with Gasteiger partial charge in [0.2, 0.25) is 0 Å². The smallest absolute Gasteiger partial charge is 0.326 e. The highest BCUT2D eigenvalue weighted by atomic mass is 16.4. The molecule has 5 heteroatoms. The van der Waals surface area contributed by atoms with Crippen LogP contribution in [0.5, 0.6) is 0 Å². The molecule has 0 saturated heterocycles. The molecule has 0 aromatic carbocycles. The van der Waals surface area contributed by atoms with Gasteiger partial charge >= 0.3 is 12.0 Å². The van der Waals surface area contributed by atoms with Gasteiger partial charge in [0.05, 0.1) is 0 Å². The van der Waals surface area contributed by atoms with Crippen molar-refractivity contribution >= 4 is 12.0 Å². The highest BCUT2D eigenvalue weighted by Gasteiger charge is 2.21. The summed E-state index contributed by atoms with van der Waals surface area (Å²) >= 11 is 0. The van der Waals surface area contributed by atoms with E-state index >= 15 is 0 Å². The van der Waals surface area contributed by atoms with Gasteiger partial charge in [-0.1, -0.05) is 47.5 Å². The SMILES string of the molecule is CCCCC(NC(=O)NCC(C(C)C)C(C)C)C(=O)O. The molecular formula is C15H30N2O3. The van der Waals surface area contributed by atoms with E-state index < -0.39 is 12.0 Å². The van der Waals surface area contributed by atoms with E-state index in [4.69, 9.17) is 5.11 Å². The Hall–Kier alpha value is -1.26. The number of nitrogens with one attached hydrogen (secondary N) is 2. The van der Waals surface area contributed by atoms with Crippen LogP contribution in [0, 0.1) is 17.8 Å². The zero-order valence-electron chi connectivity index (χ0n) is 13.4. The third-order valence-corrected chi connectivity index (χ3v) is 3.66. The van der Waals surface area contributed by atoms with E-state index in [1.165, 1.54) is 0 Å². The van der Waals surface area contributed by atoms with Crippen molar-refractivity contribution in [3.63, 3.8) is 0 Å². The molecule has 0 spiro atoms. The fraction of sp³-hybridized carbons (Fsp3) is 0.867. The number of amides is 2. The van der Waals surface area contributed by atoms with Gasteiger partial charge in [-0.2, -0.15) is 0 Å². The molecule has 2 amide bonds. The van der Waals surface area contributed by atoms with Crippen LogP contribution in [-0.4, -0.2) is 29.7 Å². The van der Waals surface area contributed by atoms with Crippen molar-refractivity contribution in [2.24, 2.45) is 17.8 Å². The first-order chi connectivity index (χ1) is 9.29. The lowest BCUT2D eigenvalue weighted by Gasteiger charge is -2.25. The van der Waals surface area contributed by atoms with Crippen LogP contribution < -0.4 is 10.6 Å². The Morgan fingerprint density at radius 1 is 1.10 bits per heavy atom. The largest absolute Gasteiger partial charge is 0.480 e. The normalized spacial score (nSPS) is 12.8. The van der Waals surface area contributed by atoms with Crippen molar-refractivity contribution in [2.75, 3.05) is 6.54 Å². The lowest BCUT2D eigenvalue weighted by molar-refractivity contribution is -0.139. The second-order valence-corrected chi connectivity index (χ2v) is 6.04. The summed E-state index contributed by atoms with van der Waals surface area (Å²) < 4.78 is 0. The topological polar surface area (TPSA) is 78.4 Å². The monoisotopic (exact) mass is 286 g/mol. The number of aliphatic carboxylic acids is 1. The van der Waals surface area contributed by atoms with Crippen molar-refractivity contribution < 1.29 is 14.7 Å². The van der Waals surface area contributed by atoms with Gasteiger partial charge in [0.15, 0.2) is 0 Å². The van der Waals surface area contributed by atoms with Gasteiger partial charge in [0.25, 0.3) is 0 Å². The van der Waals surface area contributed by atoms with E-state index in [2.05, 4.69) is 38.3 Å². The highest BCUT2D eigenvalue weighted by molar-refractivity contribution is 5.82. The minimum absolute atomic E-state index is 0.389. The average molecular weight is 286 g/mol. The minimum Gasteiger partial charge on any atom is -0.480 e. The van der Waals surface area contributed by atoms with E-state index in [1.807, 2.05) is 6.92 Å². The number of carboxylic acids is 1. The Balaban J connectivity index is 4.28. The maximum Gasteiger partial charge on any atom is 0.326 e. The van der Waals surface area contributed by atoms with Gasteiger partial charge in [-0.3, -0.25) is 0 Å². The molecule has 0 aliphatic heterocycles. The van der Waals surface area contributed by atoms with E-state index in [9.17, 15) is 9.59 Å². The first-order valence-electron chi connectivity index (χ1n) is 7.56. The third kappa shape index (κ3) is 7.36. The van der Waals surface area contributed by atoms with Crippen molar-refractivity contribution in [2.45, 2.75) is 59.9 Å². The van der Waals surface area contributed by atoms with Crippen molar-refractivity contribution in [1.82, 2.24) is 10.6 Å². The molecule has 5 nitrogen and oxygen atoms in total. The summed E-state index contributed by atoms with van der Waals surface area (Å²) in [5, 5.41) is 14.4. The summed E-state index contributed by atoms with van der Waals surface area (Å²) in [6.07, 6.45) is 2.17. The van der Waals surface area contributed by atoms with Gasteiger partial charge < -0.3 is 15.7 Å². The number of unbranched alkanes of at least 4 members (excludes halogenated alkanes) is 1. The fourth-order valence-corrected chi connectivity index (χ4v) is 2.33. The molecule has 1 unspecified atom stereocenters. The van der Waals surface area contributed by atoms with Crippen LogP contribution in [0.15, 0.2) is 0 Å². The molecule has 3 N–H and O–H groups in total. The highest BCUT2D eigenvalue weighted by Crippen LogP contribution is 2.19. The van der Waals surface area contributed by atoms with Gasteiger partial charge in [-0.15, -0.1) is 0 Å². The standard InChI is InChI=1S/C15H30N2O3/c1-6-7-8-13(14(18)19)17-15(20)16-9-12(10(2)3)11(4)5/h10-13H,6-9H2,1-5H3,(H,18,19)(H2,16,17,20). The number of hydrogen-bond donors (Lipinski definition) is 3. The predicted molar refractivity (Wildman–Crippen MR) is 80.6 cm³/mol. The number of carbonyl (C=O) groups excluding carboxylic acids is 1. The molecular weight excluding hydrogens is 256 g/mol. The summed E-state index contributed by atoms with van der Waals surface area (Å²) in [6.45, 7) is 11.1. The predicted octanol–water partition coefficient (Wildman–Crippen LogP) is 2.86. The molecule has 118 valence electrons. The Labute approximate surface area is 122 Å².